The fourth-order valence-corrected chi connectivity index (χ4v) is 4.26. The maximum Gasteiger partial charge on any atom is 0.313 e. The van der Waals surface area contributed by atoms with Gasteiger partial charge in [-0.2, -0.15) is 0 Å². The number of ether oxygens (including phenoxy) is 1. The average Bonchev–Trinajstić information content (AvgIpc) is 2.84. The number of esters is 1. The van der Waals surface area contributed by atoms with Gasteiger partial charge in [0.2, 0.25) is 5.91 Å². The van der Waals surface area contributed by atoms with Gasteiger partial charge in [-0.15, -0.1) is 0 Å². The van der Waals surface area contributed by atoms with Gasteiger partial charge >= 0.3 is 5.97 Å². The Morgan fingerprint density at radius 2 is 1.51 bits per heavy atom. The number of carbonyl (C=O) groups excluding carboxylic acids is 2. The molecular weight excluding hydrogens is 452 g/mol. The molecule has 1 amide bonds. The van der Waals surface area contributed by atoms with E-state index >= 15 is 0 Å². The minimum absolute atomic E-state index is 0.122. The van der Waals surface area contributed by atoms with Crippen LogP contribution in [0, 0.1) is 23.5 Å². The van der Waals surface area contributed by atoms with Crippen LogP contribution in [0.3, 0.4) is 0 Å². The second-order valence-corrected chi connectivity index (χ2v) is 9.03. The molecule has 0 aromatic heterocycles. The lowest BCUT2D eigenvalue weighted by atomic mass is 9.78. The highest BCUT2D eigenvalue weighted by atomic mass is 19.1. The van der Waals surface area contributed by atoms with E-state index in [1.54, 1.807) is 55.1 Å². The van der Waals surface area contributed by atoms with E-state index in [9.17, 15) is 23.5 Å². The van der Waals surface area contributed by atoms with Crippen LogP contribution < -0.4 is 9.64 Å². The van der Waals surface area contributed by atoms with Gasteiger partial charge in [0.05, 0.1) is 24.0 Å². The number of β-lactam (4-membered cyclic amide) rings is 1. The molecule has 0 spiro atoms. The lowest BCUT2D eigenvalue weighted by molar-refractivity contribution is -0.137. The lowest BCUT2D eigenvalue weighted by Crippen LogP contribution is -2.55. The minimum Gasteiger partial charge on any atom is -0.426 e. The van der Waals surface area contributed by atoms with Crippen molar-refractivity contribution in [2.45, 2.75) is 38.8 Å². The zero-order valence-electron chi connectivity index (χ0n) is 19.5. The smallest absolute Gasteiger partial charge is 0.313 e. The zero-order valence-corrected chi connectivity index (χ0v) is 19.5. The first kappa shape index (κ1) is 24.5. The summed E-state index contributed by atoms with van der Waals surface area (Å²) in [4.78, 5) is 26.7. The molecule has 7 heteroatoms. The molecular formula is C28H27F2NO4. The van der Waals surface area contributed by atoms with Gasteiger partial charge < -0.3 is 14.7 Å². The first-order valence-electron chi connectivity index (χ1n) is 11.6. The molecule has 0 saturated carbocycles. The summed E-state index contributed by atoms with van der Waals surface area (Å²) in [6, 6.07) is 18.0. The predicted molar refractivity (Wildman–Crippen MR) is 128 cm³/mol. The molecule has 0 radical (unpaired) electrons. The topological polar surface area (TPSA) is 66.8 Å². The van der Waals surface area contributed by atoms with Crippen LogP contribution in [-0.4, -0.2) is 17.0 Å². The molecule has 3 aromatic rings. The number of anilines is 1. The van der Waals surface area contributed by atoms with Gasteiger partial charge in [0.15, 0.2) is 0 Å². The minimum atomic E-state index is -0.832. The Labute approximate surface area is 203 Å². The largest absolute Gasteiger partial charge is 0.426 e. The van der Waals surface area contributed by atoms with Crippen molar-refractivity contribution in [1.82, 2.24) is 0 Å². The number of nitrogens with zero attached hydrogens (tertiary/aromatic N) is 1. The SMILES string of the molecule is CC(C)C(=O)Oc1ccc(C2[C@@H](CCC(O)c3ccc(F)cc3)C(=O)N2c2ccc(F)cc2)cc1. The average molecular weight is 480 g/mol. The number of rotatable bonds is 8. The van der Waals surface area contributed by atoms with Crippen molar-refractivity contribution in [3.8, 4) is 5.75 Å². The van der Waals surface area contributed by atoms with Gasteiger partial charge in [-0.25, -0.2) is 8.78 Å². The summed E-state index contributed by atoms with van der Waals surface area (Å²) in [7, 11) is 0. The second-order valence-electron chi connectivity index (χ2n) is 9.03. The van der Waals surface area contributed by atoms with Crippen LogP contribution in [0.5, 0.6) is 5.75 Å². The van der Waals surface area contributed by atoms with E-state index < -0.39 is 17.8 Å². The number of aliphatic hydroxyl groups excluding tert-OH is 1. The Kier molecular flexibility index (Phi) is 7.26. The maximum absolute atomic E-state index is 13.5. The Bertz CT molecular complexity index is 1180. The number of carbonyl (C=O) groups is 2. The van der Waals surface area contributed by atoms with Gasteiger partial charge in [-0.3, -0.25) is 9.59 Å². The first-order valence-corrected chi connectivity index (χ1v) is 11.6. The standard InChI is InChI=1S/C28H27F2NO4/c1-17(2)28(34)35-23-13-5-19(6-14-23)26-24(15-16-25(32)18-3-7-20(29)8-4-18)27(33)31(26)22-11-9-21(30)10-12-22/h3-14,17,24-26,32H,15-16H2,1-2H3/t24-,25?,26?/m1/s1. The Hall–Kier alpha value is -3.58. The monoisotopic (exact) mass is 479 g/mol. The Morgan fingerprint density at radius 1 is 0.943 bits per heavy atom. The molecule has 0 bridgehead atoms. The molecule has 1 aliphatic heterocycles. The van der Waals surface area contributed by atoms with Gasteiger partial charge in [-0.1, -0.05) is 38.1 Å². The lowest BCUT2D eigenvalue weighted by Gasteiger charge is -2.48. The fraction of sp³-hybridized carbons (Fsp3) is 0.286. The van der Waals surface area contributed by atoms with Gasteiger partial charge in [0.1, 0.15) is 17.4 Å². The van der Waals surface area contributed by atoms with Crippen LogP contribution in [0.1, 0.15) is 50.0 Å². The van der Waals surface area contributed by atoms with Crippen LogP contribution >= 0.6 is 0 Å². The fourth-order valence-electron chi connectivity index (χ4n) is 4.26. The molecule has 4 rings (SSSR count). The molecule has 182 valence electrons. The molecule has 3 aromatic carbocycles. The molecule has 5 nitrogen and oxygen atoms in total. The number of amides is 1. The van der Waals surface area contributed by atoms with Crippen molar-refractivity contribution in [2.75, 3.05) is 4.90 Å². The molecule has 3 atom stereocenters. The number of aliphatic hydroxyl groups is 1. The molecule has 1 N–H and O–H groups in total. The summed E-state index contributed by atoms with van der Waals surface area (Å²) >= 11 is 0. The van der Waals surface area contributed by atoms with E-state index in [-0.39, 0.29) is 29.7 Å². The third-order valence-electron chi connectivity index (χ3n) is 6.24. The number of hydrogen-bond acceptors (Lipinski definition) is 4. The normalized spacial score (nSPS) is 18.3. The van der Waals surface area contributed by atoms with E-state index in [0.29, 0.717) is 29.8 Å². The van der Waals surface area contributed by atoms with Crippen LogP contribution in [0.4, 0.5) is 14.5 Å². The van der Waals surface area contributed by atoms with Crippen molar-refractivity contribution in [1.29, 1.82) is 0 Å². The third kappa shape index (κ3) is 5.41. The van der Waals surface area contributed by atoms with Gasteiger partial charge in [0.25, 0.3) is 0 Å². The third-order valence-corrected chi connectivity index (χ3v) is 6.24. The maximum atomic E-state index is 13.5. The van der Waals surface area contributed by atoms with E-state index in [1.807, 2.05) is 0 Å². The highest BCUT2D eigenvalue weighted by Crippen LogP contribution is 2.46. The van der Waals surface area contributed by atoms with Crippen LogP contribution in [0.25, 0.3) is 0 Å². The van der Waals surface area contributed by atoms with Crippen LogP contribution in [0.15, 0.2) is 72.8 Å². The molecule has 35 heavy (non-hydrogen) atoms. The number of hydrogen-bond donors (Lipinski definition) is 1. The molecule has 1 aliphatic rings. The summed E-state index contributed by atoms with van der Waals surface area (Å²) in [6.07, 6.45) is -0.106. The van der Waals surface area contributed by atoms with Crippen molar-refractivity contribution in [2.24, 2.45) is 11.8 Å². The van der Waals surface area contributed by atoms with E-state index in [2.05, 4.69) is 0 Å². The highest BCUT2D eigenvalue weighted by Gasteiger charge is 2.48. The van der Waals surface area contributed by atoms with Crippen LogP contribution in [0.2, 0.25) is 0 Å². The van der Waals surface area contributed by atoms with Crippen molar-refractivity contribution in [3.63, 3.8) is 0 Å². The van der Waals surface area contributed by atoms with Crippen LogP contribution in [-0.2, 0) is 9.59 Å². The Morgan fingerprint density at radius 3 is 2.09 bits per heavy atom. The molecule has 0 aliphatic carbocycles. The van der Waals surface area contributed by atoms with E-state index in [0.717, 1.165) is 5.56 Å². The first-order chi connectivity index (χ1) is 16.7. The highest BCUT2D eigenvalue weighted by molar-refractivity contribution is 6.03. The molecule has 1 saturated heterocycles. The summed E-state index contributed by atoms with van der Waals surface area (Å²) in [5, 5.41) is 10.6. The summed E-state index contributed by atoms with van der Waals surface area (Å²) in [5.41, 5.74) is 1.99. The van der Waals surface area contributed by atoms with Gasteiger partial charge in [0, 0.05) is 5.69 Å². The summed E-state index contributed by atoms with van der Waals surface area (Å²) in [6.45, 7) is 3.50. The Balaban J connectivity index is 1.54. The molecule has 1 fully saturated rings. The van der Waals surface area contributed by atoms with Crippen molar-refractivity contribution in [3.05, 3.63) is 95.6 Å². The zero-order chi connectivity index (χ0) is 25.1. The second kappa shape index (κ2) is 10.4. The van der Waals surface area contributed by atoms with E-state index in [1.165, 1.54) is 36.4 Å². The number of benzene rings is 3. The van der Waals surface area contributed by atoms with Crippen molar-refractivity contribution < 1.29 is 28.2 Å². The number of halogens is 2. The van der Waals surface area contributed by atoms with Crippen molar-refractivity contribution >= 4 is 17.6 Å². The molecule has 2 unspecified atom stereocenters. The quantitative estimate of drug-likeness (QED) is 0.254. The predicted octanol–water partition coefficient (Wildman–Crippen LogP) is 5.74. The summed E-state index contributed by atoms with van der Waals surface area (Å²) < 4.78 is 32.0. The van der Waals surface area contributed by atoms with Gasteiger partial charge in [-0.05, 0) is 72.5 Å². The molecule has 1 heterocycles. The van der Waals surface area contributed by atoms with E-state index in [4.69, 9.17) is 4.74 Å². The summed E-state index contributed by atoms with van der Waals surface area (Å²) in [5.74, 6) is -1.49.